The fourth-order valence-electron chi connectivity index (χ4n) is 10.3. The average molecular weight is 920 g/mol. The van der Waals surface area contributed by atoms with Gasteiger partial charge in [0.1, 0.15) is 12.6 Å². The average Bonchev–Trinajstić information content (AvgIpc) is 3.77. The lowest BCUT2D eigenvalue weighted by Gasteiger charge is -2.56. The number of nitrogens with one attached hydrogen (secondary N) is 3. The number of aldehydes is 3. The Morgan fingerprint density at radius 3 is 2.31 bits per heavy atom. The van der Waals surface area contributed by atoms with E-state index in [1.165, 1.54) is 81.9 Å². The van der Waals surface area contributed by atoms with Crippen molar-refractivity contribution in [1.29, 1.82) is 0 Å². The van der Waals surface area contributed by atoms with Crippen molar-refractivity contribution in [2.24, 2.45) is 27.2 Å². The van der Waals surface area contributed by atoms with E-state index in [-0.39, 0.29) is 24.7 Å². The molecule has 0 aromatic heterocycles. The third-order valence-electron chi connectivity index (χ3n) is 14.2. The minimum atomic E-state index is -0.751. The maximum atomic E-state index is 13.5. The van der Waals surface area contributed by atoms with Gasteiger partial charge in [-0.1, -0.05) is 43.9 Å². The van der Waals surface area contributed by atoms with Crippen molar-refractivity contribution in [3.05, 3.63) is 53.3 Å². The van der Waals surface area contributed by atoms with Gasteiger partial charge >= 0.3 is 0 Å². The van der Waals surface area contributed by atoms with Crippen molar-refractivity contribution >= 4 is 61.4 Å². The number of rotatable bonds is 19. The Hall–Kier alpha value is -4.22. The van der Waals surface area contributed by atoms with Gasteiger partial charge in [-0.2, -0.15) is 0 Å². The predicted molar refractivity (Wildman–Crippen MR) is 264 cm³/mol. The van der Waals surface area contributed by atoms with Crippen LogP contribution in [0.3, 0.4) is 0 Å². The van der Waals surface area contributed by atoms with Crippen LogP contribution in [0.15, 0.2) is 52.1 Å². The van der Waals surface area contributed by atoms with Crippen molar-refractivity contribution in [3.63, 3.8) is 0 Å². The van der Waals surface area contributed by atoms with E-state index in [0.29, 0.717) is 46.7 Å². The Morgan fingerprint density at radius 1 is 1.02 bits per heavy atom. The van der Waals surface area contributed by atoms with Crippen LogP contribution < -0.4 is 20.9 Å². The van der Waals surface area contributed by atoms with Gasteiger partial charge in [0.15, 0.2) is 6.29 Å². The van der Waals surface area contributed by atoms with E-state index < -0.39 is 6.04 Å². The number of likely N-dealkylation sites (N-methyl/N-ethyl adjacent to an activating group) is 1. The minimum Gasteiger partial charge on any atom is -0.400 e. The van der Waals surface area contributed by atoms with Crippen LogP contribution in [0, 0.1) is 17.3 Å². The number of amides is 2. The van der Waals surface area contributed by atoms with Gasteiger partial charge in [0.2, 0.25) is 5.91 Å². The summed E-state index contributed by atoms with van der Waals surface area (Å²) in [6.07, 6.45) is 22.9. The number of aliphatic hydroxyl groups excluding tert-OH is 1. The molecule has 4 N–H and O–H groups in total. The van der Waals surface area contributed by atoms with E-state index in [4.69, 9.17) is 5.11 Å². The number of carbonyl (C=O) groups excluding carboxylic acids is 5. The number of anilines is 1. The Balaban J connectivity index is 0.000000490. The van der Waals surface area contributed by atoms with Crippen molar-refractivity contribution in [2.75, 3.05) is 79.1 Å². The zero-order valence-electron chi connectivity index (χ0n) is 39.7. The van der Waals surface area contributed by atoms with Crippen LogP contribution in [0.1, 0.15) is 111 Å². The van der Waals surface area contributed by atoms with Crippen LogP contribution in [0.4, 0.5) is 5.69 Å². The van der Waals surface area contributed by atoms with Gasteiger partial charge in [-0.05, 0) is 125 Å². The summed E-state index contributed by atoms with van der Waals surface area (Å²) < 4.78 is 2.60. The topological polar surface area (TPSA) is 179 Å². The molecule has 3 aliphatic heterocycles. The molecule has 1 aromatic rings. The first-order valence-electron chi connectivity index (χ1n) is 23.6. The number of hydrogen-bond donors (Lipinski definition) is 4. The maximum absolute atomic E-state index is 13.5. The molecule has 0 bridgehead atoms. The first-order chi connectivity index (χ1) is 31.6. The fourth-order valence-corrected chi connectivity index (χ4v) is 11.6. The number of carbonyl (C=O) groups is 5. The summed E-state index contributed by atoms with van der Waals surface area (Å²) in [6.45, 7) is 12.9. The smallest absolute Gasteiger partial charge is 0.255 e. The van der Waals surface area contributed by atoms with Gasteiger partial charge < -0.3 is 35.2 Å². The quantitative estimate of drug-likeness (QED) is 0.0210. The second-order valence-corrected chi connectivity index (χ2v) is 19.5. The predicted octanol–water partition coefficient (Wildman–Crippen LogP) is 5.16. The molecule has 16 heteroatoms. The number of aliphatic hydroxyl groups is 1. The molecule has 360 valence electrons. The summed E-state index contributed by atoms with van der Waals surface area (Å²) in [5.41, 5.74) is 2.96. The lowest BCUT2D eigenvalue weighted by Crippen LogP contribution is -2.56. The number of allylic oxidation sites excluding steroid dienone is 3. The Labute approximate surface area is 392 Å². The van der Waals surface area contributed by atoms with Gasteiger partial charge in [0.05, 0.1) is 30.2 Å². The highest BCUT2D eigenvalue weighted by Gasteiger charge is 2.48. The first-order valence-corrected chi connectivity index (χ1v) is 24.4. The fraction of sp³-hybridized carbons (Fsp3) is 0.653. The molecule has 2 saturated carbocycles. The minimum absolute atomic E-state index is 0.137. The van der Waals surface area contributed by atoms with Crippen LogP contribution >= 0.6 is 11.9 Å². The third kappa shape index (κ3) is 15.4. The molecule has 3 heterocycles. The summed E-state index contributed by atoms with van der Waals surface area (Å²) in [5.74, 6) is 0.668. The Kier molecular flexibility index (Phi) is 23.1. The van der Waals surface area contributed by atoms with Crippen molar-refractivity contribution in [1.82, 2.24) is 30.1 Å². The SMILES string of the molecule is C=N/C=C(/C=C\C=O)C1CCCC1C.CN=CNCNC1CCN(SC2CCN(C3CC4(CCN(c5cccc(C(=O)N(C)C(C=O)CCC(=O)NC)c5C=O)CC4)C3)CC2)CC1.CO. The second-order valence-electron chi connectivity index (χ2n) is 18.1. The molecule has 3 saturated heterocycles. The molecule has 3 atom stereocenters. The maximum Gasteiger partial charge on any atom is 0.255 e. The van der Waals surface area contributed by atoms with Gasteiger partial charge in [0.25, 0.3) is 5.91 Å². The second kappa shape index (κ2) is 28.1. The van der Waals surface area contributed by atoms with E-state index in [0.717, 1.165) is 81.9 Å². The lowest BCUT2D eigenvalue weighted by atomic mass is 9.59. The zero-order valence-corrected chi connectivity index (χ0v) is 40.5. The molecule has 1 spiro atoms. The van der Waals surface area contributed by atoms with Crippen molar-refractivity contribution < 1.29 is 29.1 Å². The Morgan fingerprint density at radius 2 is 1.72 bits per heavy atom. The number of benzene rings is 1. The lowest BCUT2D eigenvalue weighted by molar-refractivity contribution is -0.121. The van der Waals surface area contributed by atoms with Crippen LogP contribution in [-0.4, -0.2) is 161 Å². The number of piperidine rings is 3. The Bertz CT molecular complexity index is 1760. The summed E-state index contributed by atoms with van der Waals surface area (Å²) in [5, 5.41) is 17.0. The normalized spacial score (nSPS) is 22.6. The molecule has 3 unspecified atom stereocenters. The van der Waals surface area contributed by atoms with Gasteiger partial charge in [-0.25, -0.2) is 0 Å². The van der Waals surface area contributed by atoms with Gasteiger partial charge in [-0.3, -0.25) is 38.8 Å². The largest absolute Gasteiger partial charge is 0.400 e. The molecule has 2 amide bonds. The van der Waals surface area contributed by atoms with Gasteiger partial charge in [-0.15, -0.1) is 0 Å². The van der Waals surface area contributed by atoms with Crippen LogP contribution in [0.25, 0.3) is 0 Å². The number of hydrogen-bond acceptors (Lipinski definition) is 13. The number of nitrogens with zero attached hydrogens (tertiary/aromatic N) is 6. The summed E-state index contributed by atoms with van der Waals surface area (Å²) in [6, 6.07) is 5.91. The molecular weight excluding hydrogens is 843 g/mol. The summed E-state index contributed by atoms with van der Waals surface area (Å²) in [4.78, 5) is 73.7. The zero-order chi connectivity index (χ0) is 47.2. The van der Waals surface area contributed by atoms with E-state index >= 15 is 0 Å². The highest BCUT2D eigenvalue weighted by molar-refractivity contribution is 7.97. The first kappa shape index (κ1) is 53.4. The van der Waals surface area contributed by atoms with Gasteiger partial charge in [0, 0.05) is 90.1 Å². The highest BCUT2D eigenvalue weighted by atomic mass is 32.2. The molecule has 6 rings (SSSR count). The van der Waals surface area contributed by atoms with Crippen molar-refractivity contribution in [3.8, 4) is 0 Å². The van der Waals surface area contributed by atoms with Crippen LogP contribution in [-0.2, 0) is 14.4 Å². The van der Waals surface area contributed by atoms with E-state index in [9.17, 15) is 24.0 Å². The molecule has 1 aromatic carbocycles. The number of aliphatic imine (C=N–C) groups is 2. The van der Waals surface area contributed by atoms with Crippen molar-refractivity contribution in [2.45, 2.75) is 114 Å². The standard InChI is InChI=1S/C36H56N8O4S.C12H17NO.CH4O/c1-37-25-39-26-40-27-9-17-44(18-10-27)49-30-11-15-42(16-12-30)29-21-36(22-29)13-19-43(20-14-36)33-6-4-5-31(32(33)24-46)35(48)41(3)28(23-45)7-8-34(47)38-2;1-10-5-3-7-12(10)11(9-13-2)6-4-8-14;1-2/h4-6,23-25,27-30,40H,7-22,26H2,1-3H3,(H,37,39)(H,38,47);4,6,8-10,12H,2-3,5,7H2,1H3;2H,1H3/b;6-4-,11-9-;. The molecule has 5 aliphatic rings. The van der Waals surface area contributed by atoms with Crippen LogP contribution in [0.5, 0.6) is 0 Å². The molecule has 65 heavy (non-hydrogen) atoms. The molecular formula is C49H77N9O6S. The highest BCUT2D eigenvalue weighted by Crippen LogP contribution is 2.52. The molecule has 5 fully saturated rings. The number of likely N-dealkylation sites (tertiary alicyclic amines) is 1. The molecule has 2 aliphatic carbocycles. The summed E-state index contributed by atoms with van der Waals surface area (Å²) >= 11 is 2.11. The molecule has 0 radical (unpaired) electrons. The third-order valence-corrected chi connectivity index (χ3v) is 15.6. The monoisotopic (exact) mass is 920 g/mol. The molecule has 15 nitrogen and oxygen atoms in total. The van der Waals surface area contributed by atoms with E-state index in [1.54, 1.807) is 39.7 Å². The van der Waals surface area contributed by atoms with E-state index in [2.05, 4.69) is 65.6 Å². The van der Waals surface area contributed by atoms with Crippen LogP contribution in [0.2, 0.25) is 0 Å². The van der Waals surface area contributed by atoms with E-state index in [1.807, 2.05) is 18.2 Å². The summed E-state index contributed by atoms with van der Waals surface area (Å²) in [7, 11) is 5.87.